The van der Waals surface area contributed by atoms with Crippen molar-refractivity contribution in [3.05, 3.63) is 35.6 Å². The fourth-order valence-electron chi connectivity index (χ4n) is 2.12. The normalized spacial score (nSPS) is 16.3. The van der Waals surface area contributed by atoms with Crippen molar-refractivity contribution in [3.63, 3.8) is 0 Å². The Kier molecular flexibility index (Phi) is 3.97. The first-order chi connectivity index (χ1) is 8.66. The van der Waals surface area contributed by atoms with Crippen LogP contribution >= 0.6 is 0 Å². The van der Waals surface area contributed by atoms with Gasteiger partial charge in [-0.2, -0.15) is 0 Å². The Bertz CT molecular complexity index is 412. The second-order valence-electron chi connectivity index (χ2n) is 4.92. The smallest absolute Gasteiger partial charge is 0.221 e. The molecule has 0 saturated heterocycles. The van der Waals surface area contributed by atoms with E-state index in [-0.39, 0.29) is 17.1 Å². The average Bonchev–Trinajstić information content (AvgIpc) is 3.16. The van der Waals surface area contributed by atoms with Crippen LogP contribution < -0.4 is 10.6 Å². The van der Waals surface area contributed by atoms with Gasteiger partial charge in [-0.15, -0.1) is 0 Å². The van der Waals surface area contributed by atoms with Gasteiger partial charge in [0, 0.05) is 24.9 Å². The molecule has 1 fully saturated rings. The summed E-state index contributed by atoms with van der Waals surface area (Å²) in [5.41, 5.74) is 1.17. The molecule has 0 aliphatic heterocycles. The molecule has 1 aromatic carbocycles. The number of carbonyl (C=O) groups excluding carboxylic acids is 1. The highest BCUT2D eigenvalue weighted by atomic mass is 19.1. The summed E-state index contributed by atoms with van der Waals surface area (Å²) in [5, 5.41) is 5.91. The van der Waals surface area contributed by atoms with Gasteiger partial charge in [-0.1, -0.05) is 12.1 Å². The lowest BCUT2D eigenvalue weighted by molar-refractivity contribution is -0.121. The Balaban J connectivity index is 1.88. The van der Waals surface area contributed by atoms with E-state index < -0.39 is 0 Å². The molecule has 1 saturated carbocycles. The van der Waals surface area contributed by atoms with Gasteiger partial charge in [0.05, 0.1) is 0 Å². The predicted molar refractivity (Wildman–Crippen MR) is 68.9 cm³/mol. The van der Waals surface area contributed by atoms with Crippen molar-refractivity contribution in [2.24, 2.45) is 0 Å². The standard InChI is InChI=1S/C14H19FN2O/c1-16-9-6-13(18)17-10-14(7-8-14)11-2-4-12(15)5-3-11/h2-5,16H,6-10H2,1H3,(H,17,18). The van der Waals surface area contributed by atoms with Crippen LogP contribution in [-0.4, -0.2) is 26.0 Å². The van der Waals surface area contributed by atoms with E-state index in [0.717, 1.165) is 18.4 Å². The maximum absolute atomic E-state index is 12.9. The van der Waals surface area contributed by atoms with Crippen LogP contribution in [0.1, 0.15) is 24.8 Å². The van der Waals surface area contributed by atoms with E-state index in [1.54, 1.807) is 0 Å². The van der Waals surface area contributed by atoms with Gasteiger partial charge in [0.15, 0.2) is 0 Å². The van der Waals surface area contributed by atoms with Crippen molar-refractivity contribution in [2.45, 2.75) is 24.7 Å². The monoisotopic (exact) mass is 250 g/mol. The SMILES string of the molecule is CNCCC(=O)NCC1(c2ccc(F)cc2)CC1. The van der Waals surface area contributed by atoms with Crippen LogP contribution in [0.15, 0.2) is 24.3 Å². The summed E-state index contributed by atoms with van der Waals surface area (Å²) >= 11 is 0. The number of halogens is 1. The second kappa shape index (κ2) is 5.48. The lowest BCUT2D eigenvalue weighted by Gasteiger charge is -2.16. The topological polar surface area (TPSA) is 41.1 Å². The minimum atomic E-state index is -0.215. The van der Waals surface area contributed by atoms with Crippen LogP contribution in [0.4, 0.5) is 4.39 Å². The van der Waals surface area contributed by atoms with Crippen LogP contribution in [0, 0.1) is 5.82 Å². The Morgan fingerprint density at radius 3 is 2.56 bits per heavy atom. The zero-order valence-corrected chi connectivity index (χ0v) is 10.6. The van der Waals surface area contributed by atoms with Crippen molar-refractivity contribution < 1.29 is 9.18 Å². The lowest BCUT2D eigenvalue weighted by Crippen LogP contribution is -2.33. The first-order valence-corrected chi connectivity index (χ1v) is 6.34. The van der Waals surface area contributed by atoms with Crippen LogP contribution in [0.5, 0.6) is 0 Å². The molecule has 2 N–H and O–H groups in total. The molecule has 98 valence electrons. The Morgan fingerprint density at radius 2 is 2.00 bits per heavy atom. The van der Waals surface area contributed by atoms with Gasteiger partial charge in [-0.3, -0.25) is 4.79 Å². The first-order valence-electron chi connectivity index (χ1n) is 6.34. The van der Waals surface area contributed by atoms with E-state index in [1.807, 2.05) is 19.2 Å². The summed E-state index contributed by atoms with van der Waals surface area (Å²) in [6.45, 7) is 1.34. The van der Waals surface area contributed by atoms with Crippen LogP contribution in [0.3, 0.4) is 0 Å². The number of hydrogen-bond donors (Lipinski definition) is 2. The molecule has 1 aromatic rings. The second-order valence-corrected chi connectivity index (χ2v) is 4.92. The number of rotatable bonds is 6. The van der Waals surface area contributed by atoms with Crippen LogP contribution in [0.2, 0.25) is 0 Å². The zero-order valence-electron chi connectivity index (χ0n) is 10.6. The predicted octanol–water partition coefficient (Wildman–Crippen LogP) is 1.58. The highest BCUT2D eigenvalue weighted by molar-refractivity contribution is 5.76. The van der Waals surface area contributed by atoms with Gasteiger partial charge in [-0.05, 0) is 37.6 Å². The zero-order chi connectivity index (χ0) is 13.0. The van der Waals surface area contributed by atoms with Crippen LogP contribution in [-0.2, 0) is 10.2 Å². The quantitative estimate of drug-likeness (QED) is 0.805. The number of hydrogen-bond acceptors (Lipinski definition) is 2. The molecule has 0 spiro atoms. The van der Waals surface area contributed by atoms with Crippen molar-refractivity contribution >= 4 is 5.91 Å². The maximum Gasteiger partial charge on any atom is 0.221 e. The highest BCUT2D eigenvalue weighted by Crippen LogP contribution is 2.47. The van der Waals surface area contributed by atoms with E-state index in [9.17, 15) is 9.18 Å². The minimum absolute atomic E-state index is 0.0446. The fourth-order valence-corrected chi connectivity index (χ4v) is 2.12. The molecule has 0 radical (unpaired) electrons. The van der Waals surface area contributed by atoms with Crippen molar-refractivity contribution in [1.29, 1.82) is 0 Å². The molecule has 18 heavy (non-hydrogen) atoms. The molecular weight excluding hydrogens is 231 g/mol. The van der Waals surface area contributed by atoms with E-state index in [0.29, 0.717) is 19.5 Å². The molecule has 3 nitrogen and oxygen atoms in total. The molecule has 0 unspecified atom stereocenters. The van der Waals surface area contributed by atoms with Gasteiger partial charge >= 0.3 is 0 Å². The highest BCUT2D eigenvalue weighted by Gasteiger charge is 2.44. The van der Waals surface area contributed by atoms with Gasteiger partial charge in [0.25, 0.3) is 0 Å². The first kappa shape index (κ1) is 13.0. The molecule has 0 bridgehead atoms. The molecule has 0 aromatic heterocycles. The number of benzene rings is 1. The molecular formula is C14H19FN2O. The maximum atomic E-state index is 12.9. The summed E-state index contributed by atoms with van der Waals surface area (Å²) in [5.74, 6) is -0.148. The molecule has 1 aliphatic rings. The minimum Gasteiger partial charge on any atom is -0.355 e. The number of amides is 1. The summed E-state index contributed by atoms with van der Waals surface area (Å²) in [6, 6.07) is 6.61. The number of nitrogens with one attached hydrogen (secondary N) is 2. The summed E-state index contributed by atoms with van der Waals surface area (Å²) in [7, 11) is 1.83. The van der Waals surface area contributed by atoms with Crippen molar-refractivity contribution in [2.75, 3.05) is 20.1 Å². The van der Waals surface area contributed by atoms with Gasteiger partial charge in [0.1, 0.15) is 5.82 Å². The fraction of sp³-hybridized carbons (Fsp3) is 0.500. The third-order valence-electron chi connectivity index (χ3n) is 3.54. The summed E-state index contributed by atoms with van der Waals surface area (Å²) in [4.78, 5) is 11.6. The Labute approximate surface area is 107 Å². The molecule has 0 heterocycles. The average molecular weight is 250 g/mol. The van der Waals surface area contributed by atoms with Gasteiger partial charge in [-0.25, -0.2) is 4.39 Å². The summed E-state index contributed by atoms with van der Waals surface area (Å²) < 4.78 is 12.9. The lowest BCUT2D eigenvalue weighted by atomic mass is 9.96. The summed E-state index contributed by atoms with van der Waals surface area (Å²) in [6.07, 6.45) is 2.62. The van der Waals surface area contributed by atoms with E-state index in [2.05, 4.69) is 10.6 Å². The van der Waals surface area contributed by atoms with Crippen LogP contribution in [0.25, 0.3) is 0 Å². The number of carbonyl (C=O) groups is 1. The molecule has 4 heteroatoms. The van der Waals surface area contributed by atoms with E-state index in [4.69, 9.17) is 0 Å². The molecule has 2 rings (SSSR count). The Hall–Kier alpha value is -1.42. The largest absolute Gasteiger partial charge is 0.355 e. The third kappa shape index (κ3) is 3.07. The van der Waals surface area contributed by atoms with Gasteiger partial charge < -0.3 is 10.6 Å². The molecule has 1 amide bonds. The van der Waals surface area contributed by atoms with Crippen molar-refractivity contribution in [1.82, 2.24) is 10.6 Å². The van der Waals surface area contributed by atoms with Crippen molar-refractivity contribution in [3.8, 4) is 0 Å². The van der Waals surface area contributed by atoms with Gasteiger partial charge in [0.2, 0.25) is 5.91 Å². The van der Waals surface area contributed by atoms with E-state index >= 15 is 0 Å². The third-order valence-corrected chi connectivity index (χ3v) is 3.54. The Morgan fingerprint density at radius 1 is 1.33 bits per heavy atom. The molecule has 0 atom stereocenters. The molecule has 1 aliphatic carbocycles. The van der Waals surface area contributed by atoms with E-state index in [1.165, 1.54) is 12.1 Å².